The van der Waals surface area contributed by atoms with Crippen LogP contribution in [0, 0.1) is 17.0 Å². The van der Waals surface area contributed by atoms with Crippen LogP contribution >= 0.6 is 0 Å². The number of hydrogen-bond acceptors (Lipinski definition) is 7. The number of anilines is 2. The summed E-state index contributed by atoms with van der Waals surface area (Å²) >= 11 is 0. The first kappa shape index (κ1) is 22.7. The summed E-state index contributed by atoms with van der Waals surface area (Å²) in [5, 5.41) is 13.0. The maximum Gasteiger partial charge on any atom is 0.341 e. The molecular formula is C22H25F2N5O4. The number of hydrogen-bond donors (Lipinski definition) is 3. The zero-order valence-corrected chi connectivity index (χ0v) is 18.1. The van der Waals surface area contributed by atoms with Gasteiger partial charge >= 0.3 is 5.97 Å². The first-order valence-electron chi connectivity index (χ1n) is 10.5. The number of fused-ring (bicyclic) bond motifs is 1. The van der Waals surface area contributed by atoms with E-state index in [1.165, 1.54) is 15.5 Å². The number of oxime groups is 1. The van der Waals surface area contributed by atoms with E-state index in [0.717, 1.165) is 6.20 Å². The van der Waals surface area contributed by atoms with Crippen molar-refractivity contribution in [3.05, 3.63) is 46.3 Å². The fourth-order valence-electron chi connectivity index (χ4n) is 4.21. The molecule has 4 rings (SSSR count). The van der Waals surface area contributed by atoms with E-state index < -0.39 is 50.8 Å². The summed E-state index contributed by atoms with van der Waals surface area (Å²) in [4.78, 5) is 31.0. The largest absolute Gasteiger partial charge is 0.477 e. The van der Waals surface area contributed by atoms with E-state index >= 15 is 8.78 Å². The molecule has 1 saturated carbocycles. The third-order valence-corrected chi connectivity index (χ3v) is 6.25. The van der Waals surface area contributed by atoms with Gasteiger partial charge in [0.05, 0.1) is 28.8 Å². The zero-order chi connectivity index (χ0) is 24.1. The zero-order valence-electron chi connectivity index (χ0n) is 18.1. The van der Waals surface area contributed by atoms with Crippen LogP contribution in [0.3, 0.4) is 0 Å². The summed E-state index contributed by atoms with van der Waals surface area (Å²) in [6.07, 6.45) is 3.98. The predicted octanol–water partition coefficient (Wildman–Crippen LogP) is 2.24. The minimum absolute atomic E-state index is 0.0322. The van der Waals surface area contributed by atoms with E-state index in [1.807, 2.05) is 6.92 Å². The van der Waals surface area contributed by atoms with Crippen molar-refractivity contribution in [3.8, 4) is 0 Å². The molecule has 1 aromatic heterocycles. The van der Waals surface area contributed by atoms with Gasteiger partial charge in [0, 0.05) is 30.7 Å². The molecule has 1 unspecified atom stereocenters. The molecule has 2 aromatic rings. The highest BCUT2D eigenvalue weighted by Crippen LogP contribution is 2.43. The topological polar surface area (TPSA) is 136 Å². The number of nitrogens with two attached hydrogens (primary N) is 2. The van der Waals surface area contributed by atoms with E-state index in [1.54, 1.807) is 0 Å². The van der Waals surface area contributed by atoms with E-state index in [9.17, 15) is 14.7 Å². The molecule has 33 heavy (non-hydrogen) atoms. The van der Waals surface area contributed by atoms with E-state index in [2.05, 4.69) is 11.7 Å². The molecule has 0 amide bonds. The molecule has 1 atom stereocenters. The van der Waals surface area contributed by atoms with Crippen molar-refractivity contribution in [2.75, 3.05) is 36.9 Å². The summed E-state index contributed by atoms with van der Waals surface area (Å²) in [6, 6.07) is -0.198. The second kappa shape index (κ2) is 8.14. The van der Waals surface area contributed by atoms with Crippen LogP contribution in [-0.4, -0.2) is 47.6 Å². The molecule has 2 aliphatic rings. The van der Waals surface area contributed by atoms with Crippen molar-refractivity contribution in [2.24, 2.45) is 16.3 Å². The van der Waals surface area contributed by atoms with Gasteiger partial charge < -0.3 is 30.9 Å². The van der Waals surface area contributed by atoms with Crippen LogP contribution in [0.4, 0.5) is 20.2 Å². The number of benzene rings is 1. The Labute approximate surface area is 187 Å². The lowest BCUT2D eigenvalue weighted by atomic mass is 9.88. The van der Waals surface area contributed by atoms with Crippen LogP contribution in [0.5, 0.6) is 0 Å². The summed E-state index contributed by atoms with van der Waals surface area (Å²) in [5.74, 6) is -3.60. The third kappa shape index (κ3) is 3.62. The number of nitrogens with zero attached hydrogens (tertiary/aromatic N) is 3. The summed E-state index contributed by atoms with van der Waals surface area (Å²) < 4.78 is 32.8. The molecule has 2 heterocycles. The van der Waals surface area contributed by atoms with Crippen LogP contribution in [0.15, 0.2) is 28.8 Å². The lowest BCUT2D eigenvalue weighted by molar-refractivity contribution is 0.0695. The molecule has 2 fully saturated rings. The maximum atomic E-state index is 16.0. The van der Waals surface area contributed by atoms with Gasteiger partial charge in [-0.2, -0.15) is 0 Å². The highest BCUT2D eigenvalue weighted by Gasteiger charge is 2.43. The fourth-order valence-corrected chi connectivity index (χ4v) is 4.21. The number of carboxylic acid groups (broad SMARTS) is 1. The van der Waals surface area contributed by atoms with Gasteiger partial charge in [0.1, 0.15) is 17.9 Å². The molecule has 0 bridgehead atoms. The Morgan fingerprint density at radius 2 is 2.12 bits per heavy atom. The highest BCUT2D eigenvalue weighted by molar-refractivity contribution is 6.02. The molecule has 1 aliphatic heterocycles. The molecule has 1 aromatic carbocycles. The second-order valence-corrected chi connectivity index (χ2v) is 8.67. The number of aromatic nitrogens is 1. The van der Waals surface area contributed by atoms with Crippen LogP contribution in [0.1, 0.15) is 36.2 Å². The first-order valence-corrected chi connectivity index (χ1v) is 10.5. The molecule has 5 N–H and O–H groups in total. The average Bonchev–Trinajstić information content (AvgIpc) is 3.56. The average molecular weight is 461 g/mol. The van der Waals surface area contributed by atoms with Crippen molar-refractivity contribution in [1.29, 1.82) is 0 Å². The molecule has 176 valence electrons. The highest BCUT2D eigenvalue weighted by atomic mass is 19.1. The molecule has 9 nitrogen and oxygen atoms in total. The molecular weight excluding hydrogens is 436 g/mol. The Balaban J connectivity index is 1.93. The number of carbonyl (C=O) groups is 1. The quantitative estimate of drug-likeness (QED) is 0.249. The van der Waals surface area contributed by atoms with Crippen molar-refractivity contribution in [2.45, 2.75) is 25.8 Å². The van der Waals surface area contributed by atoms with Crippen LogP contribution in [-0.2, 0) is 4.84 Å². The summed E-state index contributed by atoms with van der Waals surface area (Å²) in [7, 11) is 0. The van der Waals surface area contributed by atoms with E-state index in [4.69, 9.17) is 16.3 Å². The lowest BCUT2D eigenvalue weighted by Crippen LogP contribution is -2.36. The number of rotatable bonds is 7. The maximum absolute atomic E-state index is 16.0. The van der Waals surface area contributed by atoms with E-state index in [-0.39, 0.29) is 37.8 Å². The van der Waals surface area contributed by atoms with Crippen LogP contribution in [0.2, 0.25) is 0 Å². The Morgan fingerprint density at radius 1 is 1.42 bits per heavy atom. The number of halogens is 2. The summed E-state index contributed by atoms with van der Waals surface area (Å²) in [5.41, 5.74) is 8.90. The van der Waals surface area contributed by atoms with Gasteiger partial charge in [-0.1, -0.05) is 24.7 Å². The fraction of sp³-hybridized carbons (Fsp3) is 0.409. The van der Waals surface area contributed by atoms with Crippen molar-refractivity contribution in [1.82, 2.24) is 4.57 Å². The molecule has 1 aliphatic carbocycles. The number of pyridine rings is 1. The lowest BCUT2D eigenvalue weighted by Gasteiger charge is -2.25. The Hall–Kier alpha value is -3.47. The van der Waals surface area contributed by atoms with Crippen LogP contribution < -0.4 is 21.8 Å². The number of carboxylic acids is 1. The van der Waals surface area contributed by atoms with Crippen molar-refractivity contribution in [3.63, 3.8) is 0 Å². The Morgan fingerprint density at radius 3 is 2.70 bits per heavy atom. The standard InChI is InChI=1S/C22H25F2N5O4/c1-3-6-33-27-13-8-28(10-22(13,2)9-25)19-15(23)17(26)14-18(16(19)24)29(11-4-5-11)7-12(20(14)30)21(31)32/h3,7,11H,1,4-6,8-10,25-26H2,2H3,(H,31,32). The Bertz CT molecular complexity index is 1250. The van der Waals surface area contributed by atoms with Gasteiger partial charge in [-0.05, 0) is 12.8 Å². The second-order valence-electron chi connectivity index (χ2n) is 8.67. The minimum Gasteiger partial charge on any atom is -0.477 e. The smallest absolute Gasteiger partial charge is 0.341 e. The number of nitrogen functional groups attached to an aromatic ring is 1. The van der Waals surface area contributed by atoms with Crippen LogP contribution in [0.25, 0.3) is 10.9 Å². The van der Waals surface area contributed by atoms with E-state index in [0.29, 0.717) is 18.6 Å². The van der Waals surface area contributed by atoms with Gasteiger partial charge in [-0.15, -0.1) is 0 Å². The third-order valence-electron chi connectivity index (χ3n) is 6.25. The number of aromatic carboxylic acids is 1. The van der Waals surface area contributed by atoms with Crippen molar-refractivity contribution >= 4 is 34.0 Å². The van der Waals surface area contributed by atoms with Crippen molar-refractivity contribution < 1.29 is 23.5 Å². The normalized spacial score (nSPS) is 21.7. The molecule has 0 radical (unpaired) electrons. The van der Waals surface area contributed by atoms with Gasteiger partial charge in [0.2, 0.25) is 5.43 Å². The van der Waals surface area contributed by atoms with Gasteiger partial charge in [0.25, 0.3) is 0 Å². The first-order chi connectivity index (χ1) is 15.6. The molecule has 1 saturated heterocycles. The van der Waals surface area contributed by atoms with Gasteiger partial charge in [-0.3, -0.25) is 4.79 Å². The predicted molar refractivity (Wildman–Crippen MR) is 121 cm³/mol. The van der Waals surface area contributed by atoms with Gasteiger partial charge in [0.15, 0.2) is 11.6 Å². The molecule has 11 heteroatoms. The van der Waals surface area contributed by atoms with Gasteiger partial charge in [-0.25, -0.2) is 13.6 Å². The monoisotopic (exact) mass is 461 g/mol. The SMILES string of the molecule is C=CCON=C1CN(c2c(F)c(N)c3c(=O)c(C(=O)O)cn(C4CC4)c3c2F)CC1(C)CN. The summed E-state index contributed by atoms with van der Waals surface area (Å²) in [6.45, 7) is 5.84. The minimum atomic E-state index is -1.49. The Kier molecular flexibility index (Phi) is 5.61. The molecule has 0 spiro atoms.